The monoisotopic (exact) mass is 366 g/mol. The highest BCUT2D eigenvalue weighted by molar-refractivity contribution is 5.76. The number of esters is 1. The minimum absolute atomic E-state index is 0.0710. The Bertz CT molecular complexity index is 642. The molecule has 0 spiro atoms. The lowest BCUT2D eigenvalue weighted by molar-refractivity contribution is -0.155. The third-order valence-electron chi connectivity index (χ3n) is 4.26. The van der Waals surface area contributed by atoms with Crippen LogP contribution in [-0.4, -0.2) is 25.3 Å². The van der Waals surface area contributed by atoms with Crippen molar-refractivity contribution in [1.29, 1.82) is 0 Å². The summed E-state index contributed by atoms with van der Waals surface area (Å²) in [4.78, 5) is 12.2. The molecule has 1 heterocycles. The number of benzene rings is 1. The van der Waals surface area contributed by atoms with Gasteiger partial charge >= 0.3 is 5.97 Å². The fraction of sp³-hybridized carbons (Fsp3) is 0.588. The van der Waals surface area contributed by atoms with Gasteiger partial charge in [-0.3, -0.25) is 4.79 Å². The van der Waals surface area contributed by atoms with Gasteiger partial charge in [0.05, 0.1) is 12.0 Å². The number of hydrogen-bond acceptors (Lipinski definition) is 3. The van der Waals surface area contributed by atoms with E-state index in [9.17, 15) is 26.7 Å². The summed E-state index contributed by atoms with van der Waals surface area (Å²) in [5.74, 6) is -11.6. The van der Waals surface area contributed by atoms with Crippen molar-refractivity contribution in [2.45, 2.75) is 45.6 Å². The normalized spacial score (nSPS) is 18.2. The Hall–Kier alpha value is -1.70. The van der Waals surface area contributed by atoms with Crippen molar-refractivity contribution in [3.05, 3.63) is 34.6 Å². The summed E-state index contributed by atoms with van der Waals surface area (Å²) < 4.78 is 78.1. The SMILES string of the molecule is CCC(CC(C)(C)C(=O)OCC1CO1)c1c(F)c(F)c(F)c(F)c1F. The summed E-state index contributed by atoms with van der Waals surface area (Å²) in [6.07, 6.45) is -0.190. The molecule has 1 fully saturated rings. The molecular formula is C17H19F5O3. The van der Waals surface area contributed by atoms with Crippen LogP contribution >= 0.6 is 0 Å². The molecule has 1 saturated heterocycles. The molecule has 1 aromatic carbocycles. The number of hydrogen-bond donors (Lipinski definition) is 0. The molecule has 3 nitrogen and oxygen atoms in total. The minimum Gasteiger partial charge on any atom is -0.462 e. The zero-order valence-electron chi connectivity index (χ0n) is 14.1. The quantitative estimate of drug-likeness (QED) is 0.238. The highest BCUT2D eigenvalue weighted by Gasteiger charge is 2.37. The highest BCUT2D eigenvalue weighted by Crippen LogP contribution is 2.39. The van der Waals surface area contributed by atoms with Gasteiger partial charge in [-0.1, -0.05) is 6.92 Å². The van der Waals surface area contributed by atoms with Crippen LogP contribution in [-0.2, 0) is 14.3 Å². The van der Waals surface area contributed by atoms with Gasteiger partial charge in [-0.15, -0.1) is 0 Å². The van der Waals surface area contributed by atoms with Crippen molar-refractivity contribution in [2.75, 3.05) is 13.2 Å². The van der Waals surface area contributed by atoms with Crippen LogP contribution in [0.25, 0.3) is 0 Å². The Labute approximate surface area is 142 Å². The number of ether oxygens (including phenoxy) is 2. The first-order valence-corrected chi connectivity index (χ1v) is 7.90. The van der Waals surface area contributed by atoms with Gasteiger partial charge in [0, 0.05) is 5.56 Å². The Kier molecular flexibility index (Phi) is 5.71. The largest absolute Gasteiger partial charge is 0.462 e. The zero-order chi connectivity index (χ0) is 18.9. The van der Waals surface area contributed by atoms with Crippen LogP contribution in [0, 0.1) is 34.5 Å². The van der Waals surface area contributed by atoms with Crippen molar-refractivity contribution in [2.24, 2.45) is 5.41 Å². The number of epoxide rings is 1. The second-order valence-electron chi connectivity index (χ2n) is 6.73. The molecule has 1 aliphatic heterocycles. The maximum Gasteiger partial charge on any atom is 0.311 e. The average molecular weight is 366 g/mol. The third kappa shape index (κ3) is 4.11. The minimum atomic E-state index is -2.20. The van der Waals surface area contributed by atoms with Crippen LogP contribution in [0.3, 0.4) is 0 Å². The van der Waals surface area contributed by atoms with Gasteiger partial charge in [0.2, 0.25) is 5.82 Å². The fourth-order valence-corrected chi connectivity index (χ4v) is 2.66. The summed E-state index contributed by atoms with van der Waals surface area (Å²) in [6.45, 7) is 5.11. The lowest BCUT2D eigenvalue weighted by atomic mass is 9.78. The standard InChI is InChI=1S/C17H19F5O3/c1-4-8(5-17(2,3)16(23)25-7-9-6-24-9)10-11(18)13(20)15(22)14(21)12(10)19/h8-9H,4-7H2,1-3H3. The number of carbonyl (C=O) groups is 1. The molecule has 1 aliphatic rings. The summed E-state index contributed by atoms with van der Waals surface area (Å²) >= 11 is 0. The third-order valence-corrected chi connectivity index (χ3v) is 4.26. The summed E-state index contributed by atoms with van der Waals surface area (Å²) in [5, 5.41) is 0. The van der Waals surface area contributed by atoms with Crippen molar-refractivity contribution < 1.29 is 36.2 Å². The number of rotatable bonds is 7. The van der Waals surface area contributed by atoms with Crippen LogP contribution in [0.2, 0.25) is 0 Å². The lowest BCUT2D eigenvalue weighted by Crippen LogP contribution is -2.30. The van der Waals surface area contributed by atoms with Crippen LogP contribution in [0.5, 0.6) is 0 Å². The summed E-state index contributed by atoms with van der Waals surface area (Å²) in [6, 6.07) is 0. The van der Waals surface area contributed by atoms with E-state index in [2.05, 4.69) is 0 Å². The van der Waals surface area contributed by atoms with Crippen molar-refractivity contribution in [3.63, 3.8) is 0 Å². The fourth-order valence-electron chi connectivity index (χ4n) is 2.66. The molecule has 0 saturated carbocycles. The predicted octanol–water partition coefficient (Wildman–Crippen LogP) is 4.23. The van der Waals surface area contributed by atoms with Gasteiger partial charge < -0.3 is 9.47 Å². The molecule has 0 amide bonds. The van der Waals surface area contributed by atoms with Gasteiger partial charge in [0.1, 0.15) is 12.7 Å². The molecule has 0 radical (unpaired) electrons. The van der Waals surface area contributed by atoms with Crippen LogP contribution in [0.15, 0.2) is 0 Å². The molecule has 25 heavy (non-hydrogen) atoms. The molecule has 1 aromatic rings. The van der Waals surface area contributed by atoms with E-state index in [1.165, 1.54) is 13.8 Å². The van der Waals surface area contributed by atoms with Gasteiger partial charge in [-0.25, -0.2) is 22.0 Å². The van der Waals surface area contributed by atoms with E-state index < -0.39 is 52.0 Å². The second kappa shape index (κ2) is 7.27. The average Bonchev–Trinajstić information content (AvgIpc) is 3.39. The smallest absolute Gasteiger partial charge is 0.311 e. The topological polar surface area (TPSA) is 38.8 Å². The Morgan fingerprint density at radius 3 is 2.04 bits per heavy atom. The maximum atomic E-state index is 14.0. The summed E-state index contributed by atoms with van der Waals surface area (Å²) in [7, 11) is 0. The Balaban J connectivity index is 2.25. The second-order valence-corrected chi connectivity index (χ2v) is 6.73. The molecule has 0 aromatic heterocycles. The molecule has 8 heteroatoms. The van der Waals surface area contributed by atoms with E-state index in [0.29, 0.717) is 6.61 Å². The van der Waals surface area contributed by atoms with E-state index in [1.54, 1.807) is 6.92 Å². The van der Waals surface area contributed by atoms with Crippen LogP contribution < -0.4 is 0 Å². The Morgan fingerprint density at radius 1 is 1.12 bits per heavy atom. The van der Waals surface area contributed by atoms with Gasteiger partial charge in [-0.05, 0) is 32.6 Å². The van der Waals surface area contributed by atoms with E-state index in [4.69, 9.17) is 9.47 Å². The van der Waals surface area contributed by atoms with Gasteiger partial charge in [-0.2, -0.15) is 0 Å². The van der Waals surface area contributed by atoms with E-state index >= 15 is 0 Å². The van der Waals surface area contributed by atoms with Crippen molar-refractivity contribution in [3.8, 4) is 0 Å². The first-order chi connectivity index (χ1) is 11.6. The van der Waals surface area contributed by atoms with Crippen LogP contribution in [0.1, 0.15) is 45.1 Å². The molecule has 2 rings (SSSR count). The zero-order valence-corrected chi connectivity index (χ0v) is 14.1. The molecule has 0 bridgehead atoms. The van der Waals surface area contributed by atoms with E-state index in [0.717, 1.165) is 0 Å². The lowest BCUT2D eigenvalue weighted by Gasteiger charge is -2.28. The van der Waals surface area contributed by atoms with E-state index in [-0.39, 0.29) is 25.6 Å². The van der Waals surface area contributed by atoms with Gasteiger partial charge in [0.25, 0.3) is 0 Å². The van der Waals surface area contributed by atoms with Crippen molar-refractivity contribution in [1.82, 2.24) is 0 Å². The number of carbonyl (C=O) groups excluding carboxylic acids is 1. The predicted molar refractivity (Wildman–Crippen MR) is 78.4 cm³/mol. The molecule has 2 atom stereocenters. The van der Waals surface area contributed by atoms with Crippen molar-refractivity contribution >= 4 is 5.97 Å². The Morgan fingerprint density at radius 2 is 1.60 bits per heavy atom. The molecule has 2 unspecified atom stereocenters. The highest BCUT2D eigenvalue weighted by atomic mass is 19.2. The van der Waals surface area contributed by atoms with Gasteiger partial charge in [0.15, 0.2) is 23.3 Å². The molecule has 140 valence electrons. The molecule has 0 N–H and O–H groups in total. The number of halogens is 5. The summed E-state index contributed by atoms with van der Waals surface area (Å²) in [5.41, 5.74) is -2.07. The van der Waals surface area contributed by atoms with E-state index in [1.807, 2.05) is 0 Å². The first-order valence-electron chi connectivity index (χ1n) is 7.90. The van der Waals surface area contributed by atoms with Crippen LogP contribution in [0.4, 0.5) is 22.0 Å². The molecule has 0 aliphatic carbocycles. The maximum absolute atomic E-state index is 14.0. The first kappa shape index (κ1) is 19.6. The molecular weight excluding hydrogens is 347 g/mol.